The molecular formula is C29H25Cl2NO5. The Kier molecular flexibility index (Phi) is 6.88. The predicted molar refractivity (Wildman–Crippen MR) is 146 cm³/mol. The lowest BCUT2D eigenvalue weighted by atomic mass is 9.98. The van der Waals surface area contributed by atoms with Crippen LogP contribution in [0.5, 0.6) is 11.5 Å². The van der Waals surface area contributed by atoms with Gasteiger partial charge in [0.2, 0.25) is 5.76 Å². The third-order valence-corrected chi connectivity index (χ3v) is 6.91. The van der Waals surface area contributed by atoms with Crippen LogP contribution >= 0.6 is 23.2 Å². The molecule has 3 aromatic carbocycles. The van der Waals surface area contributed by atoms with Gasteiger partial charge in [-0.3, -0.25) is 14.5 Å². The minimum absolute atomic E-state index is 0.0112. The molecule has 0 saturated carbocycles. The number of ether oxygens (including phenoxy) is 2. The van der Waals surface area contributed by atoms with Crippen LogP contribution < -0.4 is 19.8 Å². The van der Waals surface area contributed by atoms with Crippen LogP contribution in [-0.4, -0.2) is 19.6 Å². The highest BCUT2D eigenvalue weighted by molar-refractivity contribution is 6.32. The van der Waals surface area contributed by atoms with E-state index in [9.17, 15) is 9.59 Å². The maximum atomic E-state index is 13.8. The van der Waals surface area contributed by atoms with Crippen LogP contribution in [0.25, 0.3) is 11.0 Å². The number of nitrogens with zero attached hydrogens (tertiary/aromatic N) is 1. The Balaban J connectivity index is 1.69. The van der Waals surface area contributed by atoms with Gasteiger partial charge in [0, 0.05) is 10.7 Å². The Morgan fingerprint density at radius 2 is 1.84 bits per heavy atom. The number of anilines is 1. The van der Waals surface area contributed by atoms with E-state index in [4.69, 9.17) is 37.1 Å². The van der Waals surface area contributed by atoms with E-state index in [0.29, 0.717) is 56.3 Å². The van der Waals surface area contributed by atoms with Crippen molar-refractivity contribution >= 4 is 45.8 Å². The summed E-state index contributed by atoms with van der Waals surface area (Å²) in [6.45, 7) is 4.83. The van der Waals surface area contributed by atoms with Gasteiger partial charge in [0.15, 0.2) is 5.43 Å². The lowest BCUT2D eigenvalue weighted by Gasteiger charge is -2.26. The van der Waals surface area contributed by atoms with Crippen LogP contribution in [-0.2, 0) is 0 Å². The molecule has 0 radical (unpaired) electrons. The fraction of sp³-hybridized carbons (Fsp3) is 0.241. The fourth-order valence-electron chi connectivity index (χ4n) is 4.52. The first-order valence-corrected chi connectivity index (χ1v) is 12.7. The van der Waals surface area contributed by atoms with E-state index in [-0.39, 0.29) is 16.8 Å². The molecule has 5 rings (SSSR count). The summed E-state index contributed by atoms with van der Waals surface area (Å²) in [7, 11) is 1.52. The quantitative estimate of drug-likeness (QED) is 0.247. The predicted octanol–water partition coefficient (Wildman–Crippen LogP) is 7.28. The second-order valence-electron chi connectivity index (χ2n) is 9.31. The van der Waals surface area contributed by atoms with Gasteiger partial charge in [0.25, 0.3) is 5.91 Å². The molecule has 0 fully saturated rings. The van der Waals surface area contributed by atoms with Crippen molar-refractivity contribution in [2.75, 3.05) is 18.6 Å². The number of methoxy groups -OCH3 is 1. The summed E-state index contributed by atoms with van der Waals surface area (Å²) >= 11 is 12.6. The summed E-state index contributed by atoms with van der Waals surface area (Å²) in [6, 6.07) is 16.5. The zero-order valence-corrected chi connectivity index (χ0v) is 22.1. The fourth-order valence-corrected chi connectivity index (χ4v) is 4.94. The molecule has 0 spiro atoms. The van der Waals surface area contributed by atoms with Crippen LogP contribution in [0.1, 0.15) is 48.0 Å². The summed E-state index contributed by atoms with van der Waals surface area (Å²) in [4.78, 5) is 29.1. The molecule has 1 aromatic heterocycles. The van der Waals surface area contributed by atoms with Crippen molar-refractivity contribution in [1.29, 1.82) is 0 Å². The second-order valence-corrected chi connectivity index (χ2v) is 10.2. The molecule has 0 saturated heterocycles. The standard InChI is InChI=1S/C29H25Cl2NO5/c1-16(2)11-12-36-20-6-4-5-17(13-20)26-25-27(33)21-14-18(30)7-9-23(21)37-28(25)29(34)32(26)19-8-10-24(35-3)22(31)15-19/h4-10,13-16,26H,11-12H2,1-3H3. The molecule has 6 nitrogen and oxygen atoms in total. The van der Waals surface area contributed by atoms with Gasteiger partial charge < -0.3 is 13.9 Å². The Morgan fingerprint density at radius 3 is 2.57 bits per heavy atom. The third-order valence-electron chi connectivity index (χ3n) is 6.38. The largest absolute Gasteiger partial charge is 0.495 e. The molecule has 1 aliphatic heterocycles. The van der Waals surface area contributed by atoms with Gasteiger partial charge in [-0.15, -0.1) is 0 Å². The van der Waals surface area contributed by atoms with E-state index in [1.165, 1.54) is 12.0 Å². The lowest BCUT2D eigenvalue weighted by molar-refractivity contribution is 0.0971. The first-order valence-electron chi connectivity index (χ1n) is 11.9. The topological polar surface area (TPSA) is 69.0 Å². The van der Waals surface area contributed by atoms with Gasteiger partial charge in [0.05, 0.1) is 35.7 Å². The van der Waals surface area contributed by atoms with Crippen molar-refractivity contribution in [2.45, 2.75) is 26.3 Å². The average molecular weight is 538 g/mol. The summed E-state index contributed by atoms with van der Waals surface area (Å²) < 4.78 is 17.3. The zero-order valence-electron chi connectivity index (χ0n) is 20.6. The number of rotatable bonds is 7. The van der Waals surface area contributed by atoms with Gasteiger partial charge in [0.1, 0.15) is 17.1 Å². The van der Waals surface area contributed by atoms with Crippen molar-refractivity contribution in [3.63, 3.8) is 0 Å². The molecule has 1 unspecified atom stereocenters. The molecule has 0 aliphatic carbocycles. The summed E-state index contributed by atoms with van der Waals surface area (Å²) in [5.74, 6) is 1.17. The molecule has 1 aliphatic rings. The van der Waals surface area contributed by atoms with E-state index < -0.39 is 11.9 Å². The number of benzene rings is 3. The molecule has 190 valence electrons. The number of fused-ring (bicyclic) bond motifs is 2. The van der Waals surface area contributed by atoms with E-state index in [0.717, 1.165) is 6.42 Å². The van der Waals surface area contributed by atoms with Crippen LogP contribution in [0.3, 0.4) is 0 Å². The number of hydrogen-bond donors (Lipinski definition) is 0. The van der Waals surface area contributed by atoms with E-state index >= 15 is 0 Å². The average Bonchev–Trinajstić information content (AvgIpc) is 3.17. The second kappa shape index (κ2) is 10.1. The Bertz CT molecular complexity index is 1560. The number of carbonyl (C=O) groups excluding carboxylic acids is 1. The molecular weight excluding hydrogens is 513 g/mol. The number of carbonyl (C=O) groups is 1. The third kappa shape index (κ3) is 4.67. The molecule has 1 amide bonds. The normalized spacial score (nSPS) is 14.9. The van der Waals surface area contributed by atoms with Crippen molar-refractivity contribution < 1.29 is 18.7 Å². The van der Waals surface area contributed by atoms with Crippen molar-refractivity contribution in [1.82, 2.24) is 0 Å². The number of halogens is 2. The summed E-state index contributed by atoms with van der Waals surface area (Å²) in [5.41, 5.74) is 1.42. The van der Waals surface area contributed by atoms with Gasteiger partial charge in [-0.1, -0.05) is 49.2 Å². The summed E-state index contributed by atoms with van der Waals surface area (Å²) in [6.07, 6.45) is 0.905. The van der Waals surface area contributed by atoms with Gasteiger partial charge in [-0.25, -0.2) is 0 Å². The minimum atomic E-state index is -0.764. The molecule has 1 atom stereocenters. The Labute approximate surface area is 224 Å². The highest BCUT2D eigenvalue weighted by Crippen LogP contribution is 2.43. The van der Waals surface area contributed by atoms with Crippen LogP contribution in [0.15, 0.2) is 69.9 Å². The van der Waals surface area contributed by atoms with E-state index in [1.54, 1.807) is 36.4 Å². The van der Waals surface area contributed by atoms with Crippen LogP contribution in [0.4, 0.5) is 5.69 Å². The monoisotopic (exact) mass is 537 g/mol. The Hall–Kier alpha value is -3.48. The zero-order chi connectivity index (χ0) is 26.3. The summed E-state index contributed by atoms with van der Waals surface area (Å²) in [5, 5.41) is 1.05. The maximum absolute atomic E-state index is 13.8. The minimum Gasteiger partial charge on any atom is -0.495 e. The lowest BCUT2D eigenvalue weighted by Crippen LogP contribution is -2.29. The molecule has 2 heterocycles. The molecule has 37 heavy (non-hydrogen) atoms. The molecule has 0 N–H and O–H groups in total. The first-order chi connectivity index (χ1) is 17.8. The highest BCUT2D eigenvalue weighted by atomic mass is 35.5. The number of hydrogen-bond acceptors (Lipinski definition) is 5. The van der Waals surface area contributed by atoms with Crippen LogP contribution in [0, 0.1) is 5.92 Å². The van der Waals surface area contributed by atoms with Gasteiger partial charge >= 0.3 is 0 Å². The molecule has 4 aromatic rings. The SMILES string of the molecule is COc1ccc(N2C(=O)c3oc4ccc(Cl)cc4c(=O)c3C2c2cccc(OCCC(C)C)c2)cc1Cl. The van der Waals surface area contributed by atoms with E-state index in [1.807, 2.05) is 24.3 Å². The molecule has 0 bridgehead atoms. The van der Waals surface area contributed by atoms with Crippen molar-refractivity contribution in [3.05, 3.63) is 97.8 Å². The Morgan fingerprint density at radius 1 is 1.03 bits per heavy atom. The van der Waals surface area contributed by atoms with E-state index in [2.05, 4.69) is 13.8 Å². The van der Waals surface area contributed by atoms with Crippen molar-refractivity contribution in [2.24, 2.45) is 5.92 Å². The van der Waals surface area contributed by atoms with Gasteiger partial charge in [-0.05, 0) is 66.4 Å². The maximum Gasteiger partial charge on any atom is 0.295 e. The van der Waals surface area contributed by atoms with Crippen LogP contribution in [0.2, 0.25) is 10.0 Å². The van der Waals surface area contributed by atoms with Gasteiger partial charge in [-0.2, -0.15) is 0 Å². The molecule has 8 heteroatoms. The first kappa shape index (κ1) is 25.2. The van der Waals surface area contributed by atoms with Crippen molar-refractivity contribution in [3.8, 4) is 11.5 Å². The smallest absolute Gasteiger partial charge is 0.295 e. The number of amides is 1. The highest BCUT2D eigenvalue weighted by Gasteiger charge is 2.44.